The van der Waals surface area contributed by atoms with Crippen molar-refractivity contribution in [1.29, 1.82) is 0 Å². The van der Waals surface area contributed by atoms with Gasteiger partial charge in [0.25, 0.3) is 0 Å². The molecular weight excluding hydrogens is 292 g/mol. The van der Waals surface area contributed by atoms with Crippen LogP contribution in [0.5, 0.6) is 0 Å². The predicted octanol–water partition coefficient (Wildman–Crippen LogP) is 2.32. The van der Waals surface area contributed by atoms with Gasteiger partial charge in [-0.25, -0.2) is 0 Å². The number of ether oxygens (including phenoxy) is 1. The molecule has 0 amide bonds. The zero-order chi connectivity index (χ0) is 15.6. The number of nitrogens with one attached hydrogen (secondary N) is 1. The monoisotopic (exact) mass is 314 g/mol. The minimum Gasteiger partial charge on any atom is -0.374 e. The molecule has 0 bridgehead atoms. The molecule has 2 aliphatic rings. The van der Waals surface area contributed by atoms with Crippen LogP contribution < -0.4 is 5.32 Å². The first-order valence-corrected chi connectivity index (χ1v) is 8.28. The summed E-state index contributed by atoms with van der Waals surface area (Å²) in [6.07, 6.45) is 2.85. The van der Waals surface area contributed by atoms with Crippen LogP contribution in [0.3, 0.4) is 0 Å². The summed E-state index contributed by atoms with van der Waals surface area (Å²) < 4.78 is 11.1. The molecule has 6 nitrogen and oxygen atoms in total. The van der Waals surface area contributed by atoms with Gasteiger partial charge in [-0.1, -0.05) is 35.0 Å². The highest BCUT2D eigenvalue weighted by molar-refractivity contribution is 5.55. The fourth-order valence-corrected chi connectivity index (χ4v) is 2.95. The second-order valence-electron chi connectivity index (χ2n) is 6.39. The number of hydrogen-bond donors (Lipinski definition) is 1. The molecule has 122 valence electrons. The van der Waals surface area contributed by atoms with Crippen molar-refractivity contribution in [3.05, 3.63) is 29.8 Å². The lowest BCUT2D eigenvalue weighted by Crippen LogP contribution is -2.46. The molecule has 6 heteroatoms. The third kappa shape index (κ3) is 3.54. The maximum atomic E-state index is 5.82. The second kappa shape index (κ2) is 6.29. The maximum absolute atomic E-state index is 5.82. The summed E-state index contributed by atoms with van der Waals surface area (Å²) in [6, 6.07) is 9.33. The van der Waals surface area contributed by atoms with Crippen LogP contribution in [-0.4, -0.2) is 53.4 Å². The van der Waals surface area contributed by atoms with E-state index >= 15 is 0 Å². The van der Waals surface area contributed by atoms with Gasteiger partial charge in [0, 0.05) is 31.2 Å². The Morgan fingerprint density at radius 1 is 1.26 bits per heavy atom. The topological polar surface area (TPSA) is 63.4 Å². The van der Waals surface area contributed by atoms with Crippen LogP contribution in [0.25, 0.3) is 11.4 Å². The van der Waals surface area contributed by atoms with E-state index in [-0.39, 0.29) is 6.10 Å². The van der Waals surface area contributed by atoms with E-state index in [0.29, 0.717) is 18.4 Å². The van der Waals surface area contributed by atoms with Crippen LogP contribution >= 0.6 is 0 Å². The summed E-state index contributed by atoms with van der Waals surface area (Å²) in [6.45, 7) is 5.60. The van der Waals surface area contributed by atoms with E-state index < -0.39 is 0 Å². The highest BCUT2D eigenvalue weighted by Crippen LogP contribution is 2.28. The largest absolute Gasteiger partial charge is 0.374 e. The van der Waals surface area contributed by atoms with Crippen LogP contribution in [-0.2, 0) is 4.74 Å². The molecule has 1 saturated heterocycles. The summed E-state index contributed by atoms with van der Waals surface area (Å²) >= 11 is 0. The van der Waals surface area contributed by atoms with Crippen molar-refractivity contribution >= 4 is 6.01 Å². The van der Waals surface area contributed by atoms with Crippen molar-refractivity contribution in [3.63, 3.8) is 0 Å². The van der Waals surface area contributed by atoms with E-state index in [1.807, 2.05) is 24.3 Å². The third-order valence-corrected chi connectivity index (χ3v) is 4.45. The first-order valence-electron chi connectivity index (χ1n) is 8.28. The molecular formula is C17H22N4O2. The summed E-state index contributed by atoms with van der Waals surface area (Å²) in [7, 11) is 0. The minimum absolute atomic E-state index is 0.180. The number of rotatable bonds is 5. The highest BCUT2D eigenvalue weighted by atomic mass is 16.5. The molecule has 1 aliphatic heterocycles. The Bertz CT molecular complexity index is 651. The molecule has 2 fully saturated rings. The number of morpholine rings is 1. The van der Waals surface area contributed by atoms with Crippen molar-refractivity contribution in [2.45, 2.75) is 31.9 Å². The van der Waals surface area contributed by atoms with Gasteiger partial charge in [-0.3, -0.25) is 4.90 Å². The van der Waals surface area contributed by atoms with Crippen LogP contribution in [0.1, 0.15) is 18.4 Å². The van der Waals surface area contributed by atoms with Gasteiger partial charge in [0.15, 0.2) is 0 Å². The van der Waals surface area contributed by atoms with Crippen molar-refractivity contribution in [1.82, 2.24) is 15.0 Å². The molecule has 2 heterocycles. The van der Waals surface area contributed by atoms with Gasteiger partial charge < -0.3 is 14.6 Å². The van der Waals surface area contributed by atoms with Gasteiger partial charge in [0.2, 0.25) is 5.82 Å². The summed E-state index contributed by atoms with van der Waals surface area (Å²) in [5, 5.41) is 7.24. The molecule has 23 heavy (non-hydrogen) atoms. The second-order valence-corrected chi connectivity index (χ2v) is 6.39. The standard InChI is InChI=1S/C17H22N4O2/c1-12-2-4-13(5-3-12)16-19-17(23-20-16)18-10-15-11-21(8-9-22-15)14-6-7-14/h2-5,14-15H,6-11H2,1H3,(H,18,19,20). The van der Waals surface area contributed by atoms with Crippen molar-refractivity contribution in [2.24, 2.45) is 0 Å². The predicted molar refractivity (Wildman–Crippen MR) is 87.3 cm³/mol. The van der Waals surface area contributed by atoms with Gasteiger partial charge in [-0.05, 0) is 19.8 Å². The highest BCUT2D eigenvalue weighted by Gasteiger charge is 2.32. The molecule has 1 unspecified atom stereocenters. The van der Waals surface area contributed by atoms with E-state index in [0.717, 1.165) is 31.3 Å². The first kappa shape index (κ1) is 14.7. The number of benzene rings is 1. The number of anilines is 1. The van der Waals surface area contributed by atoms with Crippen LogP contribution in [0, 0.1) is 6.92 Å². The van der Waals surface area contributed by atoms with Gasteiger partial charge in [0.1, 0.15) is 0 Å². The number of hydrogen-bond acceptors (Lipinski definition) is 6. The Labute approximate surface area is 135 Å². The first-order chi connectivity index (χ1) is 11.3. The lowest BCUT2D eigenvalue weighted by Gasteiger charge is -2.32. The zero-order valence-electron chi connectivity index (χ0n) is 13.4. The molecule has 4 rings (SSSR count). The van der Waals surface area contributed by atoms with Crippen LogP contribution in [0.4, 0.5) is 6.01 Å². The summed E-state index contributed by atoms with van der Waals surface area (Å²) in [4.78, 5) is 6.93. The van der Waals surface area contributed by atoms with Crippen molar-refractivity contribution in [3.8, 4) is 11.4 Å². The van der Waals surface area contributed by atoms with E-state index in [2.05, 4.69) is 27.3 Å². The summed E-state index contributed by atoms with van der Waals surface area (Å²) in [5.74, 6) is 0.608. The van der Waals surface area contributed by atoms with Gasteiger partial charge in [0.05, 0.1) is 12.7 Å². The molecule has 1 atom stereocenters. The normalized spacial score (nSPS) is 22.2. The average molecular weight is 314 g/mol. The molecule has 1 N–H and O–H groups in total. The minimum atomic E-state index is 0.180. The number of nitrogens with zero attached hydrogens (tertiary/aromatic N) is 3. The van der Waals surface area contributed by atoms with E-state index in [4.69, 9.17) is 9.26 Å². The Morgan fingerprint density at radius 3 is 2.87 bits per heavy atom. The van der Waals surface area contributed by atoms with Crippen molar-refractivity contribution in [2.75, 3.05) is 31.6 Å². The molecule has 2 aromatic rings. The lowest BCUT2D eigenvalue weighted by atomic mass is 10.1. The zero-order valence-corrected chi connectivity index (χ0v) is 13.4. The Hall–Kier alpha value is -1.92. The smallest absolute Gasteiger partial charge is 0.321 e. The molecule has 0 spiro atoms. The quantitative estimate of drug-likeness (QED) is 0.914. The fourth-order valence-electron chi connectivity index (χ4n) is 2.95. The molecule has 1 saturated carbocycles. The molecule has 1 aliphatic carbocycles. The fraction of sp³-hybridized carbons (Fsp3) is 0.529. The Balaban J connectivity index is 1.33. The summed E-state index contributed by atoms with van der Waals surface area (Å²) in [5.41, 5.74) is 2.17. The molecule has 1 aromatic heterocycles. The van der Waals surface area contributed by atoms with Crippen LogP contribution in [0.2, 0.25) is 0 Å². The SMILES string of the molecule is Cc1ccc(-c2noc(NCC3CN(C4CC4)CCO3)n2)cc1. The van der Waals surface area contributed by atoms with Gasteiger partial charge in [-0.2, -0.15) is 4.98 Å². The van der Waals surface area contributed by atoms with E-state index in [1.54, 1.807) is 0 Å². The number of aryl methyl sites for hydroxylation is 1. The van der Waals surface area contributed by atoms with E-state index in [9.17, 15) is 0 Å². The average Bonchev–Trinajstić information content (AvgIpc) is 3.33. The Kier molecular flexibility index (Phi) is 4.01. The Morgan fingerprint density at radius 2 is 2.09 bits per heavy atom. The maximum Gasteiger partial charge on any atom is 0.321 e. The number of aromatic nitrogens is 2. The van der Waals surface area contributed by atoms with Gasteiger partial charge >= 0.3 is 6.01 Å². The van der Waals surface area contributed by atoms with Crippen LogP contribution in [0.15, 0.2) is 28.8 Å². The molecule has 0 radical (unpaired) electrons. The van der Waals surface area contributed by atoms with E-state index in [1.165, 1.54) is 18.4 Å². The third-order valence-electron chi connectivity index (χ3n) is 4.45. The van der Waals surface area contributed by atoms with Gasteiger partial charge in [-0.15, -0.1) is 0 Å². The molecule has 1 aromatic carbocycles. The lowest BCUT2D eigenvalue weighted by molar-refractivity contribution is -0.0243. The van der Waals surface area contributed by atoms with Crippen molar-refractivity contribution < 1.29 is 9.26 Å².